The zero-order valence-electron chi connectivity index (χ0n) is 12.0. The fourth-order valence-corrected chi connectivity index (χ4v) is 2.23. The van der Waals surface area contributed by atoms with Gasteiger partial charge in [0.1, 0.15) is 12.4 Å². The van der Waals surface area contributed by atoms with E-state index in [1.54, 1.807) is 0 Å². The third-order valence-electron chi connectivity index (χ3n) is 3.09. The van der Waals surface area contributed by atoms with E-state index in [1.165, 1.54) is 11.1 Å². The molecule has 0 amide bonds. The fourth-order valence-electron chi connectivity index (χ4n) is 2.23. The molecular weight excluding hydrogens is 238 g/mol. The van der Waals surface area contributed by atoms with Crippen LogP contribution in [0.15, 0.2) is 24.3 Å². The number of aryl methyl sites for hydroxylation is 1. The molecule has 0 unspecified atom stereocenters. The largest absolute Gasteiger partial charge is 0.388 e. The van der Waals surface area contributed by atoms with Gasteiger partial charge in [-0.05, 0) is 33.3 Å². The van der Waals surface area contributed by atoms with E-state index in [0.29, 0.717) is 5.82 Å². The van der Waals surface area contributed by atoms with Crippen LogP contribution in [0.1, 0.15) is 43.5 Å². The third-order valence-corrected chi connectivity index (χ3v) is 3.09. The Balaban J connectivity index is 2.35. The number of nitrogens with zero attached hydrogens (tertiary/aromatic N) is 3. The normalized spacial score (nSPS) is 11.8. The van der Waals surface area contributed by atoms with Crippen LogP contribution in [0.3, 0.4) is 0 Å². The van der Waals surface area contributed by atoms with Crippen molar-refractivity contribution in [2.45, 2.75) is 46.3 Å². The Morgan fingerprint density at radius 3 is 2.16 bits per heavy atom. The lowest BCUT2D eigenvalue weighted by Gasteiger charge is -2.24. The summed E-state index contributed by atoms with van der Waals surface area (Å²) in [4.78, 5) is 0. The second kappa shape index (κ2) is 5.13. The highest BCUT2D eigenvalue weighted by molar-refractivity contribution is 5.24. The molecule has 2 rings (SSSR count). The van der Waals surface area contributed by atoms with E-state index >= 15 is 0 Å². The highest BCUT2D eigenvalue weighted by Crippen LogP contribution is 2.20. The second-order valence-electron chi connectivity index (χ2n) is 5.86. The summed E-state index contributed by atoms with van der Waals surface area (Å²) in [6, 6.07) is 8.41. The van der Waals surface area contributed by atoms with Crippen LogP contribution in [-0.4, -0.2) is 19.9 Å². The van der Waals surface area contributed by atoms with Crippen LogP contribution < -0.4 is 0 Å². The Morgan fingerprint density at radius 1 is 1.05 bits per heavy atom. The zero-order chi connectivity index (χ0) is 14.0. The molecule has 19 heavy (non-hydrogen) atoms. The lowest BCUT2D eigenvalue weighted by atomic mass is 10.1. The van der Waals surface area contributed by atoms with Crippen molar-refractivity contribution in [2.24, 2.45) is 0 Å². The van der Waals surface area contributed by atoms with Crippen molar-refractivity contribution in [1.82, 2.24) is 14.8 Å². The van der Waals surface area contributed by atoms with Crippen molar-refractivity contribution >= 4 is 0 Å². The number of hydrogen-bond donors (Lipinski definition) is 1. The molecular formula is C15H21N3O. The molecule has 2 aromatic rings. The summed E-state index contributed by atoms with van der Waals surface area (Å²) < 4.78 is 2.02. The minimum Gasteiger partial charge on any atom is -0.388 e. The molecule has 1 N–H and O–H groups in total. The van der Waals surface area contributed by atoms with Gasteiger partial charge in [0.25, 0.3) is 0 Å². The zero-order valence-corrected chi connectivity index (χ0v) is 12.0. The van der Waals surface area contributed by atoms with Crippen LogP contribution in [0, 0.1) is 6.92 Å². The summed E-state index contributed by atoms with van der Waals surface area (Å²) in [5, 5.41) is 17.7. The summed E-state index contributed by atoms with van der Waals surface area (Å²) in [6.45, 7) is 8.26. The minimum absolute atomic E-state index is 0.0852. The van der Waals surface area contributed by atoms with E-state index in [9.17, 15) is 5.11 Å². The number of hydrogen-bond acceptors (Lipinski definition) is 3. The molecule has 1 heterocycles. The van der Waals surface area contributed by atoms with Crippen LogP contribution in [0.5, 0.6) is 0 Å². The molecule has 0 fully saturated rings. The molecule has 4 nitrogen and oxygen atoms in total. The first-order valence-electron chi connectivity index (χ1n) is 6.52. The number of benzene rings is 1. The van der Waals surface area contributed by atoms with Gasteiger partial charge in [-0.3, -0.25) is 0 Å². The van der Waals surface area contributed by atoms with Gasteiger partial charge >= 0.3 is 0 Å². The van der Waals surface area contributed by atoms with E-state index in [4.69, 9.17) is 0 Å². The van der Waals surface area contributed by atoms with E-state index in [1.807, 2.05) is 4.57 Å². The topological polar surface area (TPSA) is 50.9 Å². The molecule has 4 heteroatoms. The molecule has 102 valence electrons. The Bertz CT molecular complexity index is 550. The minimum atomic E-state index is -0.137. The standard InChI is InChI=1S/C15H21N3O/c1-11-5-7-12(8-6-11)9-13-16-17-14(10-19)18(13)15(2,3)4/h5-8,19H,9-10H2,1-4H3. The number of aliphatic hydroxyl groups excluding tert-OH is 1. The predicted octanol–water partition coefficient (Wildman–Crippen LogP) is 2.42. The van der Waals surface area contributed by atoms with Gasteiger partial charge in [-0.2, -0.15) is 0 Å². The van der Waals surface area contributed by atoms with Crippen molar-refractivity contribution in [2.75, 3.05) is 0 Å². The van der Waals surface area contributed by atoms with Gasteiger partial charge < -0.3 is 9.67 Å². The van der Waals surface area contributed by atoms with Crippen molar-refractivity contribution < 1.29 is 5.11 Å². The highest BCUT2D eigenvalue weighted by atomic mass is 16.3. The molecule has 0 saturated carbocycles. The predicted molar refractivity (Wildman–Crippen MR) is 74.9 cm³/mol. The fraction of sp³-hybridized carbons (Fsp3) is 0.467. The van der Waals surface area contributed by atoms with Crippen molar-refractivity contribution in [1.29, 1.82) is 0 Å². The molecule has 1 aromatic carbocycles. The average Bonchev–Trinajstić information content (AvgIpc) is 2.75. The van der Waals surface area contributed by atoms with E-state index in [0.717, 1.165) is 12.2 Å². The number of aliphatic hydroxyl groups is 1. The van der Waals surface area contributed by atoms with Crippen molar-refractivity contribution in [3.05, 3.63) is 47.0 Å². The van der Waals surface area contributed by atoms with Crippen molar-refractivity contribution in [3.63, 3.8) is 0 Å². The quantitative estimate of drug-likeness (QED) is 0.921. The van der Waals surface area contributed by atoms with Gasteiger partial charge in [-0.25, -0.2) is 0 Å². The lowest BCUT2D eigenvalue weighted by Crippen LogP contribution is -2.26. The van der Waals surface area contributed by atoms with E-state index < -0.39 is 0 Å². The number of rotatable bonds is 3. The monoisotopic (exact) mass is 259 g/mol. The maximum Gasteiger partial charge on any atom is 0.159 e. The highest BCUT2D eigenvalue weighted by Gasteiger charge is 2.22. The summed E-state index contributed by atoms with van der Waals surface area (Å²) in [6.07, 6.45) is 0.727. The SMILES string of the molecule is Cc1ccc(Cc2nnc(CO)n2C(C)(C)C)cc1. The van der Waals surface area contributed by atoms with Gasteiger partial charge in [0.15, 0.2) is 5.82 Å². The Kier molecular flexibility index (Phi) is 3.71. The maximum atomic E-state index is 9.37. The molecule has 0 saturated heterocycles. The maximum absolute atomic E-state index is 9.37. The average molecular weight is 259 g/mol. The van der Waals surface area contributed by atoms with Gasteiger partial charge in [0, 0.05) is 12.0 Å². The smallest absolute Gasteiger partial charge is 0.159 e. The van der Waals surface area contributed by atoms with Gasteiger partial charge in [0.2, 0.25) is 0 Å². The Morgan fingerprint density at radius 2 is 1.63 bits per heavy atom. The number of aromatic nitrogens is 3. The van der Waals surface area contributed by atoms with E-state index in [2.05, 4.69) is 62.2 Å². The second-order valence-corrected chi connectivity index (χ2v) is 5.86. The molecule has 1 aromatic heterocycles. The first-order chi connectivity index (χ1) is 8.91. The summed E-state index contributed by atoms with van der Waals surface area (Å²) >= 11 is 0. The van der Waals surface area contributed by atoms with Crippen LogP contribution in [0.2, 0.25) is 0 Å². The first kappa shape index (κ1) is 13.7. The molecule has 0 atom stereocenters. The van der Waals surface area contributed by atoms with Crippen molar-refractivity contribution in [3.8, 4) is 0 Å². The Hall–Kier alpha value is -1.68. The summed E-state index contributed by atoms with van der Waals surface area (Å²) in [7, 11) is 0. The molecule has 0 bridgehead atoms. The van der Waals surface area contributed by atoms with Gasteiger partial charge in [-0.15, -0.1) is 10.2 Å². The third kappa shape index (κ3) is 3.01. The molecule has 0 spiro atoms. The van der Waals surface area contributed by atoms with Gasteiger partial charge in [0.05, 0.1) is 0 Å². The van der Waals surface area contributed by atoms with E-state index in [-0.39, 0.29) is 12.1 Å². The molecule has 0 aliphatic carbocycles. The molecule has 0 aliphatic heterocycles. The lowest BCUT2D eigenvalue weighted by molar-refractivity contribution is 0.248. The van der Waals surface area contributed by atoms with Crippen LogP contribution in [-0.2, 0) is 18.6 Å². The Labute approximate surface area is 114 Å². The summed E-state index contributed by atoms with van der Waals surface area (Å²) in [5.74, 6) is 1.51. The summed E-state index contributed by atoms with van der Waals surface area (Å²) in [5.41, 5.74) is 2.31. The van der Waals surface area contributed by atoms with Crippen LogP contribution >= 0.6 is 0 Å². The van der Waals surface area contributed by atoms with Crippen LogP contribution in [0.25, 0.3) is 0 Å². The first-order valence-corrected chi connectivity index (χ1v) is 6.52. The molecule has 0 aliphatic rings. The van der Waals surface area contributed by atoms with Gasteiger partial charge in [-0.1, -0.05) is 29.8 Å². The molecule has 0 radical (unpaired) electrons. The van der Waals surface area contributed by atoms with Crippen LogP contribution in [0.4, 0.5) is 0 Å².